The summed E-state index contributed by atoms with van der Waals surface area (Å²) in [6, 6.07) is 9.85. The van der Waals surface area contributed by atoms with Gasteiger partial charge in [-0.3, -0.25) is 4.79 Å². The average molecular weight is 389 g/mol. The Hall–Kier alpha value is -3.46. The summed E-state index contributed by atoms with van der Waals surface area (Å²) in [4.78, 5) is 20.7. The third-order valence-electron chi connectivity index (χ3n) is 4.66. The van der Waals surface area contributed by atoms with E-state index in [2.05, 4.69) is 21.8 Å². The summed E-state index contributed by atoms with van der Waals surface area (Å²) in [5, 5.41) is 0. The number of nitrogens with zero attached hydrogens (tertiary/aromatic N) is 3. The van der Waals surface area contributed by atoms with Crippen molar-refractivity contribution in [1.82, 2.24) is 14.5 Å². The number of aryl methyl sites for hydroxylation is 1. The molecule has 0 aliphatic heterocycles. The van der Waals surface area contributed by atoms with E-state index in [4.69, 9.17) is 4.74 Å². The van der Waals surface area contributed by atoms with Crippen LogP contribution in [0.15, 0.2) is 53.6 Å². The van der Waals surface area contributed by atoms with Gasteiger partial charge >= 0.3 is 0 Å². The van der Waals surface area contributed by atoms with E-state index in [9.17, 15) is 9.18 Å². The molecule has 1 fully saturated rings. The van der Waals surface area contributed by atoms with Crippen LogP contribution in [0, 0.1) is 30.5 Å². The first-order valence-electron chi connectivity index (χ1n) is 9.48. The van der Waals surface area contributed by atoms with Gasteiger partial charge in [-0.2, -0.15) is 0 Å². The van der Waals surface area contributed by atoms with Crippen molar-refractivity contribution in [2.75, 3.05) is 0 Å². The summed E-state index contributed by atoms with van der Waals surface area (Å²) in [6.07, 6.45) is 5.48. The van der Waals surface area contributed by atoms with Gasteiger partial charge in [0.15, 0.2) is 5.82 Å². The van der Waals surface area contributed by atoms with E-state index in [1.165, 1.54) is 12.1 Å². The van der Waals surface area contributed by atoms with Crippen molar-refractivity contribution in [3.63, 3.8) is 0 Å². The summed E-state index contributed by atoms with van der Waals surface area (Å²) in [5.41, 5.74) is 1.61. The predicted molar refractivity (Wildman–Crippen MR) is 107 cm³/mol. The summed E-state index contributed by atoms with van der Waals surface area (Å²) in [7, 11) is 0. The molecule has 4 rings (SSSR count). The van der Waals surface area contributed by atoms with E-state index < -0.39 is 0 Å². The minimum absolute atomic E-state index is 0.179. The maximum absolute atomic E-state index is 14.3. The molecule has 0 N–H and O–H groups in total. The number of pyridine rings is 1. The van der Waals surface area contributed by atoms with Crippen LogP contribution >= 0.6 is 0 Å². The molecule has 1 aliphatic carbocycles. The van der Waals surface area contributed by atoms with E-state index in [-0.39, 0.29) is 24.5 Å². The van der Waals surface area contributed by atoms with Crippen LogP contribution < -0.4 is 10.3 Å². The molecular weight excluding hydrogens is 369 g/mol. The molecule has 2 heterocycles. The maximum atomic E-state index is 14.3. The van der Waals surface area contributed by atoms with Crippen molar-refractivity contribution in [1.29, 1.82) is 0 Å². The lowest BCUT2D eigenvalue weighted by atomic mass is 10.1. The number of hydrogen-bond donors (Lipinski definition) is 0. The monoisotopic (exact) mass is 389 g/mol. The maximum Gasteiger partial charge on any atom is 0.254 e. The molecule has 1 saturated carbocycles. The highest BCUT2D eigenvalue weighted by Gasteiger charge is 2.18. The van der Waals surface area contributed by atoms with Crippen molar-refractivity contribution in [2.45, 2.75) is 32.9 Å². The summed E-state index contributed by atoms with van der Waals surface area (Å²) < 4.78 is 21.5. The van der Waals surface area contributed by atoms with Crippen molar-refractivity contribution >= 4 is 0 Å². The van der Waals surface area contributed by atoms with Crippen LogP contribution in [0.5, 0.6) is 5.75 Å². The van der Waals surface area contributed by atoms with Gasteiger partial charge in [0.05, 0.1) is 12.1 Å². The van der Waals surface area contributed by atoms with Gasteiger partial charge in [0.2, 0.25) is 0 Å². The van der Waals surface area contributed by atoms with Crippen LogP contribution in [0.2, 0.25) is 0 Å². The topological polar surface area (TPSA) is 57.0 Å². The third kappa shape index (κ3) is 4.88. The lowest BCUT2D eigenvalue weighted by Crippen LogP contribution is -2.22. The highest BCUT2D eigenvalue weighted by molar-refractivity contribution is 5.39. The van der Waals surface area contributed by atoms with E-state index in [1.54, 1.807) is 35.2 Å². The quantitative estimate of drug-likeness (QED) is 0.627. The van der Waals surface area contributed by atoms with Crippen LogP contribution in [0.25, 0.3) is 0 Å². The number of rotatable bonds is 5. The van der Waals surface area contributed by atoms with E-state index >= 15 is 0 Å². The molecule has 1 aliphatic rings. The molecule has 1 aromatic carbocycles. The molecule has 5 nitrogen and oxygen atoms in total. The smallest absolute Gasteiger partial charge is 0.254 e. The van der Waals surface area contributed by atoms with Crippen molar-refractivity contribution < 1.29 is 9.13 Å². The molecule has 0 radical (unpaired) electrons. The Balaban J connectivity index is 1.48. The van der Waals surface area contributed by atoms with Crippen LogP contribution in [-0.2, 0) is 13.2 Å². The minimum atomic E-state index is -0.357. The Bertz CT molecular complexity index is 1140. The molecule has 0 atom stereocenters. The number of benzene rings is 1. The van der Waals surface area contributed by atoms with Gasteiger partial charge < -0.3 is 9.30 Å². The zero-order valence-corrected chi connectivity index (χ0v) is 16.1. The average Bonchev–Trinajstić information content (AvgIpc) is 3.54. The Kier molecular flexibility index (Phi) is 5.39. The molecule has 2 aromatic heterocycles. The highest BCUT2D eigenvalue weighted by Crippen LogP contribution is 2.27. The van der Waals surface area contributed by atoms with Gasteiger partial charge in [-0.1, -0.05) is 17.9 Å². The molecule has 29 heavy (non-hydrogen) atoms. The first-order valence-corrected chi connectivity index (χ1v) is 9.48. The second-order valence-electron chi connectivity index (χ2n) is 7.07. The normalized spacial score (nSPS) is 12.9. The summed E-state index contributed by atoms with van der Waals surface area (Å²) >= 11 is 0. The molecule has 3 aromatic rings. The SMILES string of the molecule is Cc1cc(OCc2ncccn2)cc(=O)n1Cc1ccc(C#CC2CC2)c(F)c1. The lowest BCUT2D eigenvalue weighted by molar-refractivity contribution is 0.294. The van der Waals surface area contributed by atoms with Crippen molar-refractivity contribution in [3.05, 3.63) is 87.6 Å². The van der Waals surface area contributed by atoms with Crippen LogP contribution in [0.4, 0.5) is 4.39 Å². The first-order chi connectivity index (χ1) is 14.1. The fraction of sp³-hybridized carbons (Fsp3) is 0.261. The molecule has 0 amide bonds. The Morgan fingerprint density at radius 3 is 2.69 bits per heavy atom. The predicted octanol–water partition coefficient (Wildman–Crippen LogP) is 3.47. The van der Waals surface area contributed by atoms with Gasteiger partial charge in [0.1, 0.15) is 18.2 Å². The van der Waals surface area contributed by atoms with Gasteiger partial charge in [-0.05, 0) is 49.6 Å². The van der Waals surface area contributed by atoms with Gasteiger partial charge in [-0.15, -0.1) is 0 Å². The standard InChI is InChI=1S/C23H20FN3O2/c1-16-11-20(29-15-22-25-9-2-10-26-22)13-23(28)27(16)14-18-6-8-19(21(24)12-18)7-5-17-3-4-17/h2,6,8-13,17H,3-4,14-15H2,1H3. The fourth-order valence-corrected chi connectivity index (χ4v) is 2.89. The largest absolute Gasteiger partial charge is 0.485 e. The molecule has 0 bridgehead atoms. The number of aromatic nitrogens is 3. The Morgan fingerprint density at radius 1 is 1.21 bits per heavy atom. The van der Waals surface area contributed by atoms with E-state index in [0.29, 0.717) is 28.6 Å². The second-order valence-corrected chi connectivity index (χ2v) is 7.07. The molecule has 0 saturated heterocycles. The number of hydrogen-bond acceptors (Lipinski definition) is 4. The molecule has 146 valence electrons. The molecular formula is C23H20FN3O2. The van der Waals surface area contributed by atoms with Gasteiger partial charge in [0.25, 0.3) is 5.56 Å². The van der Waals surface area contributed by atoms with Gasteiger partial charge in [0, 0.05) is 30.1 Å². The summed E-state index contributed by atoms with van der Waals surface area (Å²) in [5.74, 6) is 7.02. The van der Waals surface area contributed by atoms with Crippen LogP contribution in [0.1, 0.15) is 35.5 Å². The Labute approximate surface area is 168 Å². The lowest BCUT2D eigenvalue weighted by Gasteiger charge is -2.13. The molecule has 0 spiro atoms. The van der Waals surface area contributed by atoms with Crippen molar-refractivity contribution in [3.8, 4) is 17.6 Å². The number of halogens is 1. The van der Waals surface area contributed by atoms with E-state index in [1.807, 2.05) is 13.0 Å². The second kappa shape index (κ2) is 8.27. The highest BCUT2D eigenvalue weighted by atomic mass is 19.1. The van der Waals surface area contributed by atoms with E-state index in [0.717, 1.165) is 18.5 Å². The Morgan fingerprint density at radius 2 is 2.00 bits per heavy atom. The van der Waals surface area contributed by atoms with Crippen molar-refractivity contribution in [2.24, 2.45) is 5.92 Å². The number of ether oxygens (including phenoxy) is 1. The fourth-order valence-electron chi connectivity index (χ4n) is 2.89. The van der Waals surface area contributed by atoms with Gasteiger partial charge in [-0.25, -0.2) is 14.4 Å². The van der Waals surface area contributed by atoms with Crippen LogP contribution in [-0.4, -0.2) is 14.5 Å². The zero-order valence-electron chi connectivity index (χ0n) is 16.1. The van der Waals surface area contributed by atoms with Crippen LogP contribution in [0.3, 0.4) is 0 Å². The summed E-state index contributed by atoms with van der Waals surface area (Å²) in [6.45, 7) is 2.28. The minimum Gasteiger partial charge on any atom is -0.485 e. The molecule has 6 heteroatoms. The first kappa shape index (κ1) is 18.9. The third-order valence-corrected chi connectivity index (χ3v) is 4.66. The zero-order chi connectivity index (χ0) is 20.2. The molecule has 0 unspecified atom stereocenters.